The summed E-state index contributed by atoms with van der Waals surface area (Å²) < 4.78 is 0. The number of amides is 1. The van der Waals surface area contributed by atoms with Crippen LogP contribution in [0.3, 0.4) is 0 Å². The first-order valence-corrected chi connectivity index (χ1v) is 13.0. The van der Waals surface area contributed by atoms with E-state index in [1.165, 1.54) is 16.7 Å². The van der Waals surface area contributed by atoms with Crippen LogP contribution in [0.15, 0.2) is 72.8 Å². The van der Waals surface area contributed by atoms with Crippen molar-refractivity contribution < 1.29 is 9.90 Å². The van der Waals surface area contributed by atoms with E-state index in [2.05, 4.69) is 54.7 Å². The number of anilines is 2. The third kappa shape index (κ3) is 4.72. The molecule has 0 unspecified atom stereocenters. The van der Waals surface area contributed by atoms with Crippen molar-refractivity contribution in [1.82, 2.24) is 0 Å². The smallest absolute Gasteiger partial charge is 0.255 e. The van der Waals surface area contributed by atoms with Gasteiger partial charge in [0.05, 0.1) is 5.60 Å². The second-order valence-corrected chi connectivity index (χ2v) is 10.6. The summed E-state index contributed by atoms with van der Waals surface area (Å²) in [5.74, 6) is 0.315. The Morgan fingerprint density at radius 1 is 1.06 bits per heavy atom. The van der Waals surface area contributed by atoms with E-state index in [4.69, 9.17) is 5.73 Å². The van der Waals surface area contributed by atoms with Gasteiger partial charge in [-0.2, -0.15) is 0 Å². The van der Waals surface area contributed by atoms with Crippen molar-refractivity contribution in [2.75, 3.05) is 11.1 Å². The van der Waals surface area contributed by atoms with E-state index >= 15 is 0 Å². The van der Waals surface area contributed by atoms with Crippen LogP contribution in [0.25, 0.3) is 0 Å². The van der Waals surface area contributed by atoms with Gasteiger partial charge < -0.3 is 16.2 Å². The Balaban J connectivity index is 1.52. The van der Waals surface area contributed by atoms with Gasteiger partial charge in [0.15, 0.2) is 0 Å². The van der Waals surface area contributed by atoms with Crippen molar-refractivity contribution >= 4 is 17.3 Å². The minimum Gasteiger partial charge on any atom is -0.399 e. The van der Waals surface area contributed by atoms with Gasteiger partial charge in [0.2, 0.25) is 0 Å². The molecule has 2 aliphatic carbocycles. The molecule has 2 aliphatic rings. The van der Waals surface area contributed by atoms with E-state index in [-0.39, 0.29) is 11.3 Å². The average Bonchev–Trinajstić information content (AvgIpc) is 3.01. The summed E-state index contributed by atoms with van der Waals surface area (Å²) in [6.07, 6.45) is 7.58. The van der Waals surface area contributed by atoms with Gasteiger partial charge in [0.25, 0.3) is 5.91 Å². The Morgan fingerprint density at radius 3 is 2.66 bits per heavy atom. The maximum atomic E-state index is 13.1. The zero-order valence-corrected chi connectivity index (χ0v) is 20.6. The molecule has 1 saturated carbocycles. The maximum absolute atomic E-state index is 13.1. The van der Waals surface area contributed by atoms with E-state index in [0.29, 0.717) is 22.9 Å². The SMILES string of the molecule is CC[C@@]1(O)CC[C@@]2(Cc3ccccc3)c3ccc(C(=O)Nc4cccc(N)c4)cc3CCC[C@H]2C1. The first-order chi connectivity index (χ1) is 16.9. The van der Waals surface area contributed by atoms with Crippen LogP contribution in [0.5, 0.6) is 0 Å². The number of carbonyl (C=O) groups excluding carboxylic acids is 1. The average molecular weight is 469 g/mol. The van der Waals surface area contributed by atoms with E-state index in [9.17, 15) is 9.90 Å². The van der Waals surface area contributed by atoms with Gasteiger partial charge in [-0.15, -0.1) is 0 Å². The fourth-order valence-electron chi connectivity index (χ4n) is 6.54. The number of benzene rings is 3. The summed E-state index contributed by atoms with van der Waals surface area (Å²) in [4.78, 5) is 13.1. The molecule has 182 valence electrons. The number of nitrogen functional groups attached to an aromatic ring is 1. The molecular weight excluding hydrogens is 432 g/mol. The summed E-state index contributed by atoms with van der Waals surface area (Å²) in [5.41, 5.74) is 11.3. The number of hydrogen-bond donors (Lipinski definition) is 3. The van der Waals surface area contributed by atoms with Gasteiger partial charge >= 0.3 is 0 Å². The van der Waals surface area contributed by atoms with Crippen molar-refractivity contribution in [2.24, 2.45) is 5.92 Å². The lowest BCUT2D eigenvalue weighted by Gasteiger charge is -2.50. The molecule has 0 aliphatic heterocycles. The molecule has 0 saturated heterocycles. The summed E-state index contributed by atoms with van der Waals surface area (Å²) in [6, 6.07) is 24.3. The number of hydrogen-bond acceptors (Lipinski definition) is 3. The topological polar surface area (TPSA) is 75.3 Å². The molecule has 0 spiro atoms. The summed E-state index contributed by atoms with van der Waals surface area (Å²) >= 11 is 0. The van der Waals surface area contributed by atoms with Crippen LogP contribution < -0.4 is 11.1 Å². The summed E-state index contributed by atoms with van der Waals surface area (Å²) in [6.45, 7) is 2.11. The molecule has 3 aromatic rings. The number of nitrogens with one attached hydrogen (secondary N) is 1. The predicted molar refractivity (Wildman–Crippen MR) is 143 cm³/mol. The molecule has 0 aromatic heterocycles. The van der Waals surface area contributed by atoms with E-state index < -0.39 is 5.60 Å². The number of fused-ring (bicyclic) bond motifs is 3. The molecule has 4 heteroatoms. The standard InChI is InChI=1S/C31H36N2O2/c1-2-30(35)16-17-31(20-22-8-4-3-5-9-22)25(21-30)11-6-10-23-18-24(14-15-28(23)31)29(34)33-27-13-7-12-26(32)19-27/h3-5,7-9,12-15,18-19,25,35H,2,6,10-11,16-17,20-21,32H2,1H3,(H,33,34)/t25-,30+,31-/m0/s1. The van der Waals surface area contributed by atoms with Crippen LogP contribution in [0.1, 0.15) is 72.5 Å². The highest BCUT2D eigenvalue weighted by Crippen LogP contribution is 2.54. The van der Waals surface area contributed by atoms with Crippen LogP contribution in [-0.2, 0) is 18.3 Å². The molecular formula is C31H36N2O2. The molecule has 1 amide bonds. The predicted octanol–water partition coefficient (Wildman–Crippen LogP) is 6.28. The molecule has 3 aromatic carbocycles. The zero-order valence-electron chi connectivity index (χ0n) is 20.6. The Hall–Kier alpha value is -3.11. The first-order valence-electron chi connectivity index (χ1n) is 13.0. The molecule has 0 radical (unpaired) electrons. The molecule has 5 rings (SSSR count). The van der Waals surface area contributed by atoms with E-state index in [0.717, 1.165) is 51.4 Å². The highest BCUT2D eigenvalue weighted by molar-refractivity contribution is 6.04. The lowest BCUT2D eigenvalue weighted by Crippen LogP contribution is -2.48. The van der Waals surface area contributed by atoms with Crippen molar-refractivity contribution in [3.05, 3.63) is 95.1 Å². The van der Waals surface area contributed by atoms with Gasteiger partial charge in [-0.3, -0.25) is 4.79 Å². The van der Waals surface area contributed by atoms with Crippen LogP contribution >= 0.6 is 0 Å². The van der Waals surface area contributed by atoms with Crippen molar-refractivity contribution in [2.45, 2.75) is 69.3 Å². The highest BCUT2D eigenvalue weighted by Gasteiger charge is 2.50. The molecule has 0 heterocycles. The molecule has 1 fully saturated rings. The van der Waals surface area contributed by atoms with Crippen molar-refractivity contribution in [1.29, 1.82) is 0 Å². The molecule has 35 heavy (non-hydrogen) atoms. The van der Waals surface area contributed by atoms with E-state index in [1.54, 1.807) is 6.07 Å². The fourth-order valence-corrected chi connectivity index (χ4v) is 6.54. The third-order valence-electron chi connectivity index (χ3n) is 8.51. The van der Waals surface area contributed by atoms with Gasteiger partial charge in [-0.25, -0.2) is 0 Å². The number of aryl methyl sites for hydroxylation is 1. The highest BCUT2D eigenvalue weighted by atomic mass is 16.3. The van der Waals surface area contributed by atoms with E-state index in [1.807, 2.05) is 24.3 Å². The molecule has 0 bridgehead atoms. The first kappa shape index (κ1) is 23.6. The van der Waals surface area contributed by atoms with Crippen LogP contribution in [-0.4, -0.2) is 16.6 Å². The Bertz CT molecular complexity index is 1210. The zero-order chi connectivity index (χ0) is 24.5. The third-order valence-corrected chi connectivity index (χ3v) is 8.51. The Morgan fingerprint density at radius 2 is 1.89 bits per heavy atom. The van der Waals surface area contributed by atoms with Gasteiger partial charge in [0.1, 0.15) is 0 Å². The summed E-state index contributed by atoms with van der Waals surface area (Å²) in [5, 5.41) is 14.2. The number of aliphatic hydroxyl groups is 1. The van der Waals surface area contributed by atoms with Gasteiger partial charge in [0, 0.05) is 22.4 Å². The largest absolute Gasteiger partial charge is 0.399 e. The Kier molecular flexibility index (Phi) is 6.41. The van der Waals surface area contributed by atoms with Crippen molar-refractivity contribution in [3.63, 3.8) is 0 Å². The molecule has 4 nitrogen and oxygen atoms in total. The number of carbonyl (C=O) groups is 1. The summed E-state index contributed by atoms with van der Waals surface area (Å²) in [7, 11) is 0. The number of nitrogens with two attached hydrogens (primary N) is 1. The van der Waals surface area contributed by atoms with Crippen LogP contribution in [0, 0.1) is 5.92 Å². The lowest BCUT2D eigenvalue weighted by molar-refractivity contribution is -0.0497. The van der Waals surface area contributed by atoms with Crippen LogP contribution in [0.4, 0.5) is 11.4 Å². The maximum Gasteiger partial charge on any atom is 0.255 e. The molecule has 3 atom stereocenters. The minimum absolute atomic E-state index is 0.0164. The second kappa shape index (κ2) is 9.50. The minimum atomic E-state index is -0.563. The molecule has 4 N–H and O–H groups in total. The van der Waals surface area contributed by atoms with Gasteiger partial charge in [-0.1, -0.05) is 49.4 Å². The number of rotatable bonds is 5. The van der Waals surface area contributed by atoms with Crippen molar-refractivity contribution in [3.8, 4) is 0 Å². The Labute approximate surface area is 208 Å². The lowest BCUT2D eigenvalue weighted by atomic mass is 9.55. The van der Waals surface area contributed by atoms with Gasteiger partial charge in [-0.05, 0) is 104 Å². The monoisotopic (exact) mass is 468 g/mol. The normalized spacial score (nSPS) is 25.7. The fraction of sp³-hybridized carbons (Fsp3) is 0.387. The quantitative estimate of drug-likeness (QED) is 0.386. The second-order valence-electron chi connectivity index (χ2n) is 10.6. The van der Waals surface area contributed by atoms with Crippen LogP contribution in [0.2, 0.25) is 0 Å².